The minimum atomic E-state index is -0.853. The summed E-state index contributed by atoms with van der Waals surface area (Å²) >= 11 is 0. The molecule has 0 aliphatic heterocycles. The molecule has 2 aromatic carbocycles. The van der Waals surface area contributed by atoms with Crippen LogP contribution in [0.15, 0.2) is 67.1 Å². The van der Waals surface area contributed by atoms with E-state index in [1.807, 2.05) is 34.9 Å². The number of halogens is 1. The molecule has 26 heavy (non-hydrogen) atoms. The summed E-state index contributed by atoms with van der Waals surface area (Å²) in [4.78, 5) is 18.9. The van der Waals surface area contributed by atoms with Crippen molar-refractivity contribution in [3.05, 3.63) is 78.6 Å². The van der Waals surface area contributed by atoms with Gasteiger partial charge in [-0.1, -0.05) is 18.2 Å². The normalized spacial score (nSPS) is 11.0. The zero-order valence-corrected chi connectivity index (χ0v) is 13.6. The van der Waals surface area contributed by atoms with Crippen molar-refractivity contribution in [1.29, 1.82) is 0 Å². The molecular weight excluding hydrogens is 333 g/mol. The number of hydrogen-bond acceptors (Lipinski definition) is 3. The maximum atomic E-state index is 13.0. The van der Waals surface area contributed by atoms with Crippen molar-refractivity contribution in [2.24, 2.45) is 0 Å². The third-order valence-corrected chi connectivity index (χ3v) is 4.18. The molecule has 2 aromatic heterocycles. The third-order valence-electron chi connectivity index (χ3n) is 4.18. The number of nitrogens with zero attached hydrogens (tertiary/aromatic N) is 3. The molecule has 0 saturated carbocycles. The van der Waals surface area contributed by atoms with Crippen LogP contribution in [0.2, 0.25) is 0 Å². The van der Waals surface area contributed by atoms with E-state index in [2.05, 4.69) is 9.97 Å². The average molecular weight is 347 g/mol. The minimum absolute atomic E-state index is 0.0000215. The van der Waals surface area contributed by atoms with Crippen LogP contribution in [-0.2, 0) is 11.2 Å². The van der Waals surface area contributed by atoms with E-state index in [-0.39, 0.29) is 6.42 Å². The van der Waals surface area contributed by atoms with E-state index in [4.69, 9.17) is 5.11 Å². The van der Waals surface area contributed by atoms with Gasteiger partial charge >= 0.3 is 5.97 Å². The minimum Gasteiger partial charge on any atom is -0.481 e. The lowest BCUT2D eigenvalue weighted by atomic mass is 10.1. The Morgan fingerprint density at radius 1 is 1.00 bits per heavy atom. The van der Waals surface area contributed by atoms with Gasteiger partial charge in [0.15, 0.2) is 0 Å². The molecule has 0 radical (unpaired) electrons. The van der Waals surface area contributed by atoms with E-state index < -0.39 is 11.9 Å². The number of carbonyl (C=O) groups is 1. The van der Waals surface area contributed by atoms with E-state index >= 15 is 0 Å². The van der Waals surface area contributed by atoms with Crippen LogP contribution in [-0.4, -0.2) is 25.6 Å². The van der Waals surface area contributed by atoms with E-state index in [0.29, 0.717) is 0 Å². The van der Waals surface area contributed by atoms with Gasteiger partial charge in [0, 0.05) is 17.4 Å². The number of fused-ring (bicyclic) bond motifs is 1. The summed E-state index contributed by atoms with van der Waals surface area (Å²) in [5.74, 6) is -1.36. The quantitative estimate of drug-likeness (QED) is 0.569. The van der Waals surface area contributed by atoms with Gasteiger partial charge in [-0.2, -0.15) is 4.39 Å². The number of aromatic nitrogens is 3. The molecule has 0 saturated heterocycles. The van der Waals surface area contributed by atoms with Gasteiger partial charge in [-0.15, -0.1) is 0 Å². The Hall–Kier alpha value is -3.54. The van der Waals surface area contributed by atoms with Gasteiger partial charge in [0.25, 0.3) is 0 Å². The predicted octanol–water partition coefficient (Wildman–Crippen LogP) is 3.85. The Bertz CT molecular complexity index is 1090. The Balaban J connectivity index is 1.69. The fraction of sp³-hybridized carbons (Fsp3) is 0.0500. The van der Waals surface area contributed by atoms with Crippen molar-refractivity contribution in [1.82, 2.24) is 14.5 Å². The molecule has 0 unspecified atom stereocenters. The van der Waals surface area contributed by atoms with E-state index in [0.717, 1.165) is 33.4 Å². The first-order valence-electron chi connectivity index (χ1n) is 8.00. The summed E-state index contributed by atoms with van der Waals surface area (Å²) in [5.41, 5.74) is 5.11. The van der Waals surface area contributed by atoms with Crippen LogP contribution >= 0.6 is 0 Å². The summed E-state index contributed by atoms with van der Waals surface area (Å²) in [6.45, 7) is 0. The fourth-order valence-electron chi connectivity index (χ4n) is 2.89. The maximum absolute atomic E-state index is 13.0. The Morgan fingerprint density at radius 3 is 2.46 bits per heavy atom. The second-order valence-corrected chi connectivity index (χ2v) is 5.92. The van der Waals surface area contributed by atoms with Crippen molar-refractivity contribution in [3.63, 3.8) is 0 Å². The van der Waals surface area contributed by atoms with E-state index in [1.165, 1.54) is 12.3 Å². The van der Waals surface area contributed by atoms with Gasteiger partial charge < -0.3 is 5.11 Å². The molecular formula is C20H14FN3O2. The van der Waals surface area contributed by atoms with Gasteiger partial charge in [-0.05, 0) is 47.5 Å². The fourth-order valence-corrected chi connectivity index (χ4v) is 2.89. The number of hydrogen-bond donors (Lipinski definition) is 1. The number of benzene rings is 2. The lowest BCUT2D eigenvalue weighted by molar-refractivity contribution is -0.136. The largest absolute Gasteiger partial charge is 0.481 e. The number of imidazole rings is 1. The standard InChI is InChI=1S/C20H14FN3O2/c21-19-8-4-15(11-22-19)14-3-7-18-17(10-14)23-12-24(18)16-5-1-13(2-6-16)9-20(25)26/h1-8,10-12H,9H2,(H,25,26). The summed E-state index contributed by atoms with van der Waals surface area (Å²) in [6, 6.07) is 16.2. The zero-order valence-electron chi connectivity index (χ0n) is 13.6. The first kappa shape index (κ1) is 16.0. The van der Waals surface area contributed by atoms with Crippen LogP contribution in [0.5, 0.6) is 0 Å². The highest BCUT2D eigenvalue weighted by Gasteiger charge is 2.08. The van der Waals surface area contributed by atoms with Crippen LogP contribution in [0.3, 0.4) is 0 Å². The molecule has 0 aliphatic carbocycles. The number of carboxylic acids is 1. The van der Waals surface area contributed by atoms with Crippen molar-refractivity contribution in [2.45, 2.75) is 6.42 Å². The highest BCUT2D eigenvalue weighted by atomic mass is 19.1. The molecule has 0 spiro atoms. The number of carboxylic acid groups (broad SMARTS) is 1. The predicted molar refractivity (Wildman–Crippen MR) is 95.6 cm³/mol. The van der Waals surface area contributed by atoms with Crippen LogP contribution < -0.4 is 0 Å². The molecule has 0 aliphatic rings. The molecule has 5 nitrogen and oxygen atoms in total. The smallest absolute Gasteiger partial charge is 0.307 e. The van der Waals surface area contributed by atoms with Gasteiger partial charge in [0.1, 0.15) is 6.33 Å². The lowest BCUT2D eigenvalue weighted by Crippen LogP contribution is -2.00. The molecule has 2 heterocycles. The second-order valence-electron chi connectivity index (χ2n) is 5.92. The molecule has 4 aromatic rings. The Kier molecular flexibility index (Phi) is 3.93. The zero-order chi connectivity index (χ0) is 18.1. The number of rotatable bonds is 4. The third kappa shape index (κ3) is 3.04. The summed E-state index contributed by atoms with van der Waals surface area (Å²) in [7, 11) is 0. The highest BCUT2D eigenvalue weighted by Crippen LogP contribution is 2.25. The van der Waals surface area contributed by atoms with E-state index in [1.54, 1.807) is 24.5 Å². The molecule has 0 amide bonds. The van der Waals surface area contributed by atoms with Crippen LogP contribution in [0.4, 0.5) is 4.39 Å². The first-order chi connectivity index (χ1) is 12.6. The summed E-state index contributed by atoms with van der Waals surface area (Å²) in [6.07, 6.45) is 3.22. The van der Waals surface area contributed by atoms with Crippen LogP contribution in [0.25, 0.3) is 27.8 Å². The number of aliphatic carboxylic acids is 1. The second kappa shape index (κ2) is 6.40. The van der Waals surface area contributed by atoms with Gasteiger partial charge in [0.05, 0.1) is 17.5 Å². The number of pyridine rings is 1. The summed E-state index contributed by atoms with van der Waals surface area (Å²) in [5, 5.41) is 8.86. The topological polar surface area (TPSA) is 68.0 Å². The van der Waals surface area contributed by atoms with Crippen molar-refractivity contribution < 1.29 is 14.3 Å². The van der Waals surface area contributed by atoms with Gasteiger partial charge in [0.2, 0.25) is 5.95 Å². The monoisotopic (exact) mass is 347 g/mol. The Labute approximate surface area is 148 Å². The van der Waals surface area contributed by atoms with Gasteiger partial charge in [-0.3, -0.25) is 9.36 Å². The highest BCUT2D eigenvalue weighted by molar-refractivity contribution is 5.83. The SMILES string of the molecule is O=C(O)Cc1ccc(-n2cnc3cc(-c4ccc(F)nc4)ccc32)cc1. The first-order valence-corrected chi connectivity index (χ1v) is 8.00. The average Bonchev–Trinajstić information content (AvgIpc) is 3.06. The van der Waals surface area contributed by atoms with Crippen molar-refractivity contribution in [3.8, 4) is 16.8 Å². The molecule has 128 valence electrons. The van der Waals surface area contributed by atoms with Crippen LogP contribution in [0.1, 0.15) is 5.56 Å². The van der Waals surface area contributed by atoms with E-state index in [9.17, 15) is 9.18 Å². The van der Waals surface area contributed by atoms with Gasteiger partial charge in [-0.25, -0.2) is 9.97 Å². The molecule has 0 bridgehead atoms. The molecule has 0 fully saturated rings. The molecule has 6 heteroatoms. The lowest BCUT2D eigenvalue weighted by Gasteiger charge is -2.06. The summed E-state index contributed by atoms with van der Waals surface area (Å²) < 4.78 is 14.9. The van der Waals surface area contributed by atoms with Crippen molar-refractivity contribution in [2.75, 3.05) is 0 Å². The molecule has 4 rings (SSSR count). The van der Waals surface area contributed by atoms with Crippen molar-refractivity contribution >= 4 is 17.0 Å². The van der Waals surface area contributed by atoms with Crippen LogP contribution in [0, 0.1) is 5.95 Å². The maximum Gasteiger partial charge on any atom is 0.307 e. The molecule has 1 N–H and O–H groups in total. The Morgan fingerprint density at radius 2 is 1.77 bits per heavy atom. The molecule has 0 atom stereocenters.